The lowest BCUT2D eigenvalue weighted by Crippen LogP contribution is -2.40. The van der Waals surface area contributed by atoms with Gasteiger partial charge >= 0.3 is 0 Å². The molecule has 1 aliphatic carbocycles. The third-order valence-corrected chi connectivity index (χ3v) is 5.46. The van der Waals surface area contributed by atoms with Crippen LogP contribution in [0.2, 0.25) is 0 Å². The van der Waals surface area contributed by atoms with E-state index >= 15 is 0 Å². The van der Waals surface area contributed by atoms with Gasteiger partial charge in [0, 0.05) is 12.6 Å². The Hall–Kier alpha value is -0.130. The van der Waals surface area contributed by atoms with Crippen LogP contribution in [-0.2, 0) is 10.0 Å². The van der Waals surface area contributed by atoms with Gasteiger partial charge in [0.15, 0.2) is 0 Å². The van der Waals surface area contributed by atoms with Gasteiger partial charge in [-0.25, -0.2) is 13.1 Å². The molecule has 18 heavy (non-hydrogen) atoms. The number of nitrogens with one attached hydrogen (secondary N) is 2. The van der Waals surface area contributed by atoms with Crippen LogP contribution >= 0.6 is 0 Å². The summed E-state index contributed by atoms with van der Waals surface area (Å²) in [6, 6.07) is 0.145. The number of rotatable bonds is 8. The Labute approximate surface area is 112 Å². The Morgan fingerprint density at radius 1 is 1.17 bits per heavy atom. The van der Waals surface area contributed by atoms with Crippen LogP contribution in [0, 0.1) is 11.8 Å². The summed E-state index contributed by atoms with van der Waals surface area (Å²) in [5.41, 5.74) is 0. The monoisotopic (exact) mass is 276 g/mol. The van der Waals surface area contributed by atoms with Crippen LogP contribution < -0.4 is 10.0 Å². The van der Waals surface area contributed by atoms with Crippen LogP contribution in [-0.4, -0.2) is 33.3 Å². The molecule has 0 spiro atoms. The van der Waals surface area contributed by atoms with Gasteiger partial charge in [-0.3, -0.25) is 0 Å². The molecular weight excluding hydrogens is 248 g/mol. The first-order valence-electron chi connectivity index (χ1n) is 7.20. The van der Waals surface area contributed by atoms with Crippen LogP contribution in [0.25, 0.3) is 0 Å². The molecule has 0 bridgehead atoms. The van der Waals surface area contributed by atoms with Gasteiger partial charge in [0.1, 0.15) is 0 Å². The van der Waals surface area contributed by atoms with Crippen molar-refractivity contribution in [1.29, 1.82) is 0 Å². The van der Waals surface area contributed by atoms with Crippen LogP contribution in [0.15, 0.2) is 0 Å². The Morgan fingerprint density at radius 2 is 1.89 bits per heavy atom. The van der Waals surface area contributed by atoms with E-state index in [1.54, 1.807) is 0 Å². The van der Waals surface area contributed by atoms with Crippen molar-refractivity contribution >= 4 is 10.0 Å². The zero-order chi connectivity index (χ0) is 13.6. The first-order chi connectivity index (χ1) is 8.50. The molecule has 3 atom stereocenters. The number of sulfonamides is 1. The van der Waals surface area contributed by atoms with E-state index in [1.807, 2.05) is 0 Å². The highest BCUT2D eigenvalue weighted by atomic mass is 32.2. The first kappa shape index (κ1) is 15.9. The zero-order valence-corrected chi connectivity index (χ0v) is 12.7. The fraction of sp³-hybridized carbons (Fsp3) is 1.00. The van der Waals surface area contributed by atoms with E-state index in [2.05, 4.69) is 30.8 Å². The Balaban J connectivity index is 2.36. The minimum atomic E-state index is -3.12. The highest BCUT2D eigenvalue weighted by Crippen LogP contribution is 2.34. The molecule has 0 heterocycles. The summed E-state index contributed by atoms with van der Waals surface area (Å²) in [7, 11) is -3.12. The summed E-state index contributed by atoms with van der Waals surface area (Å²) in [4.78, 5) is 0. The summed E-state index contributed by atoms with van der Waals surface area (Å²) < 4.78 is 26.8. The summed E-state index contributed by atoms with van der Waals surface area (Å²) >= 11 is 0. The van der Waals surface area contributed by atoms with Crippen molar-refractivity contribution in [2.75, 3.05) is 18.8 Å². The molecule has 0 amide bonds. The summed E-state index contributed by atoms with van der Waals surface area (Å²) in [5, 5.41) is 3.13. The van der Waals surface area contributed by atoms with Crippen molar-refractivity contribution < 1.29 is 8.42 Å². The number of hydrogen-bond acceptors (Lipinski definition) is 3. The maximum absolute atomic E-state index is 11.9. The molecule has 1 aliphatic rings. The average molecular weight is 276 g/mol. The Bertz CT molecular complexity index is 330. The molecule has 1 fully saturated rings. The molecule has 0 aromatic rings. The molecule has 0 aromatic heterocycles. The molecule has 2 N–H and O–H groups in total. The smallest absolute Gasteiger partial charge is 0.213 e. The zero-order valence-electron chi connectivity index (χ0n) is 11.9. The fourth-order valence-corrected chi connectivity index (χ4v) is 4.11. The third kappa shape index (κ3) is 4.86. The van der Waals surface area contributed by atoms with Gasteiger partial charge in [-0.05, 0) is 37.6 Å². The van der Waals surface area contributed by atoms with Crippen molar-refractivity contribution in [1.82, 2.24) is 10.0 Å². The maximum atomic E-state index is 11.9. The van der Waals surface area contributed by atoms with Crippen molar-refractivity contribution in [3.05, 3.63) is 0 Å². The van der Waals surface area contributed by atoms with Gasteiger partial charge in [0.2, 0.25) is 10.0 Å². The maximum Gasteiger partial charge on any atom is 0.213 e. The second kappa shape index (κ2) is 7.46. The molecule has 0 aliphatic heterocycles. The van der Waals surface area contributed by atoms with Gasteiger partial charge in [0.25, 0.3) is 0 Å². The van der Waals surface area contributed by atoms with Gasteiger partial charge in [0.05, 0.1) is 5.75 Å². The largest absolute Gasteiger partial charge is 0.316 e. The van der Waals surface area contributed by atoms with Crippen LogP contribution in [0.1, 0.15) is 46.5 Å². The second-order valence-corrected chi connectivity index (χ2v) is 7.27. The molecule has 108 valence electrons. The molecular formula is C13H28N2O2S. The second-order valence-electron chi connectivity index (χ2n) is 5.40. The lowest BCUT2D eigenvalue weighted by atomic mass is 9.94. The Kier molecular flexibility index (Phi) is 6.60. The third-order valence-electron chi connectivity index (χ3n) is 4.06. The van der Waals surface area contributed by atoms with Crippen molar-refractivity contribution in [2.24, 2.45) is 11.8 Å². The van der Waals surface area contributed by atoms with Gasteiger partial charge in [-0.1, -0.05) is 27.2 Å². The molecule has 4 nitrogen and oxygen atoms in total. The van der Waals surface area contributed by atoms with Crippen LogP contribution in [0.5, 0.6) is 0 Å². The molecule has 1 rings (SSSR count). The lowest BCUT2D eigenvalue weighted by Gasteiger charge is -2.21. The molecule has 5 heteroatoms. The predicted octanol–water partition coefficient (Wildman–Crippen LogP) is 1.73. The topological polar surface area (TPSA) is 58.2 Å². The number of hydrogen-bond donors (Lipinski definition) is 2. The minimum Gasteiger partial charge on any atom is -0.316 e. The summed E-state index contributed by atoms with van der Waals surface area (Å²) in [6.45, 7) is 7.86. The van der Waals surface area contributed by atoms with E-state index in [9.17, 15) is 8.42 Å². The van der Waals surface area contributed by atoms with Gasteiger partial charge in [-0.2, -0.15) is 0 Å². The fourth-order valence-electron chi connectivity index (χ4n) is 2.79. The van der Waals surface area contributed by atoms with E-state index < -0.39 is 10.0 Å². The molecule has 0 saturated heterocycles. The van der Waals surface area contributed by atoms with Crippen molar-refractivity contribution in [3.8, 4) is 0 Å². The highest BCUT2D eigenvalue weighted by Gasteiger charge is 2.33. The van der Waals surface area contributed by atoms with Crippen LogP contribution in [0.3, 0.4) is 0 Å². The molecule has 1 saturated carbocycles. The van der Waals surface area contributed by atoms with E-state index in [0.29, 0.717) is 18.4 Å². The minimum absolute atomic E-state index is 0.145. The highest BCUT2D eigenvalue weighted by molar-refractivity contribution is 7.89. The summed E-state index contributed by atoms with van der Waals surface area (Å²) in [6.07, 6.45) is 4.32. The Morgan fingerprint density at radius 3 is 2.44 bits per heavy atom. The SMILES string of the molecule is CCCNCCS(=O)(=O)NC1CCC(CC)C1C. The quantitative estimate of drug-likeness (QED) is 0.664. The van der Waals surface area contributed by atoms with E-state index in [0.717, 1.165) is 32.2 Å². The van der Waals surface area contributed by atoms with E-state index in [-0.39, 0.29) is 11.8 Å². The van der Waals surface area contributed by atoms with Crippen molar-refractivity contribution in [2.45, 2.75) is 52.5 Å². The molecule has 0 radical (unpaired) electrons. The van der Waals surface area contributed by atoms with E-state index in [1.165, 1.54) is 0 Å². The first-order valence-corrected chi connectivity index (χ1v) is 8.86. The molecule has 3 unspecified atom stereocenters. The predicted molar refractivity (Wildman–Crippen MR) is 76.1 cm³/mol. The standard InChI is InChI=1S/C13H28N2O2S/c1-4-8-14-9-10-18(16,17)15-13-7-6-12(5-2)11(13)3/h11-15H,4-10H2,1-3H3. The molecule has 0 aromatic carbocycles. The van der Waals surface area contributed by atoms with Crippen molar-refractivity contribution in [3.63, 3.8) is 0 Å². The average Bonchev–Trinajstić information content (AvgIpc) is 2.66. The van der Waals surface area contributed by atoms with Gasteiger partial charge in [-0.15, -0.1) is 0 Å². The van der Waals surface area contributed by atoms with Crippen LogP contribution in [0.4, 0.5) is 0 Å². The lowest BCUT2D eigenvalue weighted by molar-refractivity contribution is 0.368. The van der Waals surface area contributed by atoms with E-state index in [4.69, 9.17) is 0 Å². The normalized spacial score (nSPS) is 28.7. The summed E-state index contributed by atoms with van der Waals surface area (Å²) in [5.74, 6) is 1.33. The van der Waals surface area contributed by atoms with Gasteiger partial charge < -0.3 is 5.32 Å².